The summed E-state index contributed by atoms with van der Waals surface area (Å²) < 4.78 is 10.7. The third-order valence-corrected chi connectivity index (χ3v) is 3.59. The van der Waals surface area contributed by atoms with Crippen LogP contribution in [-0.2, 0) is 0 Å². The van der Waals surface area contributed by atoms with Crippen LogP contribution >= 0.6 is 0 Å². The van der Waals surface area contributed by atoms with Crippen molar-refractivity contribution in [3.8, 4) is 11.5 Å². The molecule has 7 heteroatoms. The SMILES string of the molecule is CC(C)c1noc(-c2ccnc(NC(CCO)c3ccco3)c2)n1. The number of aliphatic hydroxyl groups is 1. The Morgan fingerprint density at radius 2 is 2.17 bits per heavy atom. The van der Waals surface area contributed by atoms with Crippen molar-refractivity contribution in [2.24, 2.45) is 0 Å². The number of hydrogen-bond donors (Lipinski definition) is 2. The molecule has 0 aliphatic rings. The molecule has 0 saturated heterocycles. The van der Waals surface area contributed by atoms with Gasteiger partial charge in [-0.3, -0.25) is 0 Å². The number of aliphatic hydroxyl groups excluding tert-OH is 1. The van der Waals surface area contributed by atoms with E-state index in [4.69, 9.17) is 8.94 Å². The van der Waals surface area contributed by atoms with E-state index in [1.807, 2.05) is 38.1 Å². The van der Waals surface area contributed by atoms with Gasteiger partial charge in [-0.25, -0.2) is 4.98 Å². The second-order valence-corrected chi connectivity index (χ2v) is 5.77. The zero-order valence-electron chi connectivity index (χ0n) is 13.6. The molecular formula is C17H20N4O3. The lowest BCUT2D eigenvalue weighted by atomic mass is 10.1. The van der Waals surface area contributed by atoms with Crippen molar-refractivity contribution in [3.63, 3.8) is 0 Å². The Hall–Kier alpha value is -2.67. The normalized spacial score (nSPS) is 12.5. The van der Waals surface area contributed by atoms with E-state index in [0.29, 0.717) is 24.0 Å². The van der Waals surface area contributed by atoms with Crippen molar-refractivity contribution < 1.29 is 14.0 Å². The molecule has 0 spiro atoms. The molecule has 0 fully saturated rings. The van der Waals surface area contributed by atoms with Gasteiger partial charge in [-0.15, -0.1) is 0 Å². The van der Waals surface area contributed by atoms with Gasteiger partial charge in [-0.2, -0.15) is 4.98 Å². The highest BCUT2D eigenvalue weighted by Gasteiger charge is 2.16. The molecule has 0 saturated carbocycles. The van der Waals surface area contributed by atoms with Crippen LogP contribution in [0.1, 0.15) is 43.8 Å². The molecule has 1 atom stereocenters. The van der Waals surface area contributed by atoms with Gasteiger partial charge in [-0.05, 0) is 30.7 Å². The minimum atomic E-state index is -0.165. The molecule has 1 unspecified atom stereocenters. The van der Waals surface area contributed by atoms with Gasteiger partial charge in [0.15, 0.2) is 5.82 Å². The molecule has 24 heavy (non-hydrogen) atoms. The van der Waals surface area contributed by atoms with Crippen LogP contribution in [0, 0.1) is 0 Å². The lowest BCUT2D eigenvalue weighted by molar-refractivity contribution is 0.273. The van der Waals surface area contributed by atoms with E-state index < -0.39 is 0 Å². The molecule has 3 aromatic heterocycles. The van der Waals surface area contributed by atoms with Crippen LogP contribution in [0.2, 0.25) is 0 Å². The van der Waals surface area contributed by atoms with Crippen molar-refractivity contribution >= 4 is 5.82 Å². The van der Waals surface area contributed by atoms with Gasteiger partial charge in [0, 0.05) is 24.3 Å². The lowest BCUT2D eigenvalue weighted by Gasteiger charge is -2.16. The Balaban J connectivity index is 1.81. The van der Waals surface area contributed by atoms with E-state index in [9.17, 15) is 5.11 Å². The number of anilines is 1. The van der Waals surface area contributed by atoms with Gasteiger partial charge in [0.05, 0.1) is 12.3 Å². The molecule has 7 nitrogen and oxygen atoms in total. The van der Waals surface area contributed by atoms with Gasteiger partial charge < -0.3 is 19.4 Å². The van der Waals surface area contributed by atoms with Gasteiger partial charge in [0.25, 0.3) is 5.89 Å². The van der Waals surface area contributed by atoms with Crippen LogP contribution in [-0.4, -0.2) is 26.8 Å². The van der Waals surface area contributed by atoms with E-state index in [0.717, 1.165) is 11.3 Å². The molecular weight excluding hydrogens is 308 g/mol. The lowest BCUT2D eigenvalue weighted by Crippen LogP contribution is -2.12. The van der Waals surface area contributed by atoms with Gasteiger partial charge in [0.1, 0.15) is 11.6 Å². The highest BCUT2D eigenvalue weighted by Crippen LogP contribution is 2.25. The fourth-order valence-electron chi connectivity index (χ4n) is 2.31. The highest BCUT2D eigenvalue weighted by atomic mass is 16.5. The maximum atomic E-state index is 9.27. The standard InChI is InChI=1S/C17H20N4O3/c1-11(2)16-20-17(24-21-16)12-5-7-18-15(10-12)19-13(6-8-22)14-4-3-9-23-14/h3-5,7,9-11,13,22H,6,8H2,1-2H3,(H,18,19). The van der Waals surface area contributed by atoms with E-state index in [1.165, 1.54) is 0 Å². The molecule has 2 N–H and O–H groups in total. The summed E-state index contributed by atoms with van der Waals surface area (Å²) in [6.45, 7) is 4.06. The van der Waals surface area contributed by atoms with Crippen LogP contribution in [0.4, 0.5) is 5.82 Å². The van der Waals surface area contributed by atoms with Crippen molar-refractivity contribution in [2.45, 2.75) is 32.2 Å². The van der Waals surface area contributed by atoms with Crippen molar-refractivity contribution in [3.05, 3.63) is 48.3 Å². The molecule has 0 aliphatic heterocycles. The van der Waals surface area contributed by atoms with E-state index in [-0.39, 0.29) is 18.6 Å². The van der Waals surface area contributed by atoms with Crippen LogP contribution in [0.15, 0.2) is 45.7 Å². The average Bonchev–Trinajstić information content (AvgIpc) is 3.27. The molecule has 0 aliphatic carbocycles. The van der Waals surface area contributed by atoms with Gasteiger partial charge >= 0.3 is 0 Å². The van der Waals surface area contributed by atoms with Crippen molar-refractivity contribution in [1.82, 2.24) is 15.1 Å². The number of rotatable bonds is 7. The first-order valence-corrected chi connectivity index (χ1v) is 7.88. The second kappa shape index (κ2) is 7.27. The Labute approximate surface area is 139 Å². The third-order valence-electron chi connectivity index (χ3n) is 3.59. The molecule has 3 heterocycles. The predicted molar refractivity (Wildman–Crippen MR) is 88.4 cm³/mol. The Kier molecular flexibility index (Phi) is 4.90. The molecule has 0 aromatic carbocycles. The summed E-state index contributed by atoms with van der Waals surface area (Å²) in [4.78, 5) is 8.71. The summed E-state index contributed by atoms with van der Waals surface area (Å²) in [5.41, 5.74) is 0.786. The van der Waals surface area contributed by atoms with Crippen LogP contribution in [0.5, 0.6) is 0 Å². The minimum absolute atomic E-state index is 0.0411. The van der Waals surface area contributed by atoms with E-state index >= 15 is 0 Å². The fraction of sp³-hybridized carbons (Fsp3) is 0.353. The quantitative estimate of drug-likeness (QED) is 0.686. The summed E-state index contributed by atoms with van der Waals surface area (Å²) in [5, 5.41) is 16.5. The summed E-state index contributed by atoms with van der Waals surface area (Å²) in [7, 11) is 0. The van der Waals surface area contributed by atoms with Crippen LogP contribution in [0.3, 0.4) is 0 Å². The van der Waals surface area contributed by atoms with Crippen LogP contribution in [0.25, 0.3) is 11.5 Å². The zero-order valence-corrected chi connectivity index (χ0v) is 13.6. The number of hydrogen-bond acceptors (Lipinski definition) is 7. The maximum absolute atomic E-state index is 9.27. The number of aromatic nitrogens is 3. The first kappa shape index (κ1) is 16.2. The molecule has 0 radical (unpaired) electrons. The minimum Gasteiger partial charge on any atom is -0.467 e. The number of pyridine rings is 1. The van der Waals surface area contributed by atoms with Gasteiger partial charge in [-0.1, -0.05) is 19.0 Å². The molecule has 126 valence electrons. The van der Waals surface area contributed by atoms with Crippen molar-refractivity contribution in [2.75, 3.05) is 11.9 Å². The number of nitrogens with one attached hydrogen (secondary N) is 1. The largest absolute Gasteiger partial charge is 0.467 e. The smallest absolute Gasteiger partial charge is 0.258 e. The average molecular weight is 328 g/mol. The summed E-state index contributed by atoms with van der Waals surface area (Å²) in [5.74, 6) is 2.73. The Morgan fingerprint density at radius 3 is 2.83 bits per heavy atom. The first-order valence-electron chi connectivity index (χ1n) is 7.88. The van der Waals surface area contributed by atoms with E-state index in [1.54, 1.807) is 12.5 Å². The first-order chi connectivity index (χ1) is 11.7. The Bertz CT molecular complexity index is 768. The van der Waals surface area contributed by atoms with Crippen LogP contribution < -0.4 is 5.32 Å². The fourth-order valence-corrected chi connectivity index (χ4v) is 2.31. The third kappa shape index (κ3) is 3.62. The monoisotopic (exact) mass is 328 g/mol. The molecule has 3 aromatic rings. The highest BCUT2D eigenvalue weighted by molar-refractivity contribution is 5.58. The van der Waals surface area contributed by atoms with Crippen molar-refractivity contribution in [1.29, 1.82) is 0 Å². The van der Waals surface area contributed by atoms with Gasteiger partial charge in [0.2, 0.25) is 0 Å². The van der Waals surface area contributed by atoms with E-state index in [2.05, 4.69) is 20.4 Å². The number of nitrogens with zero attached hydrogens (tertiary/aromatic N) is 3. The molecule has 0 amide bonds. The second-order valence-electron chi connectivity index (χ2n) is 5.77. The summed E-state index contributed by atoms with van der Waals surface area (Å²) >= 11 is 0. The number of furan rings is 1. The summed E-state index contributed by atoms with van der Waals surface area (Å²) in [6.07, 6.45) is 3.80. The summed E-state index contributed by atoms with van der Waals surface area (Å²) in [6, 6.07) is 7.17. The Morgan fingerprint density at radius 1 is 1.29 bits per heavy atom. The predicted octanol–water partition coefficient (Wildman–Crippen LogP) is 3.38. The maximum Gasteiger partial charge on any atom is 0.258 e. The molecule has 0 bridgehead atoms. The topological polar surface area (TPSA) is 97.2 Å². The molecule has 3 rings (SSSR count). The zero-order chi connectivity index (χ0) is 16.9.